The Morgan fingerprint density at radius 2 is 1.67 bits per heavy atom. The third-order valence-electron chi connectivity index (χ3n) is 3.38. The Balaban J connectivity index is 1.72. The molecule has 0 aliphatic heterocycles. The molecule has 0 heterocycles. The van der Waals surface area contributed by atoms with Crippen LogP contribution in [0.2, 0.25) is 0 Å². The summed E-state index contributed by atoms with van der Waals surface area (Å²) in [5.74, 6) is 0.470. The predicted molar refractivity (Wildman–Crippen MR) is 85.3 cm³/mol. The number of carbonyl (C=O) groups excluding carboxylic acids is 1. The minimum atomic E-state index is 0.149. The molecule has 2 aromatic carbocycles. The average Bonchev–Trinajstić information content (AvgIpc) is 2.52. The second-order valence-electron chi connectivity index (χ2n) is 5.02. The van der Waals surface area contributed by atoms with Crippen LogP contribution in [0.5, 0.6) is 5.75 Å². The number of carbonyl (C=O) groups is 1. The smallest absolute Gasteiger partial charge is 0.155 e. The van der Waals surface area contributed by atoms with E-state index in [9.17, 15) is 9.90 Å². The minimum absolute atomic E-state index is 0.149. The molecule has 2 heteroatoms. The van der Waals surface area contributed by atoms with E-state index in [4.69, 9.17) is 0 Å². The van der Waals surface area contributed by atoms with E-state index in [0.29, 0.717) is 12.2 Å². The maximum Gasteiger partial charge on any atom is 0.155 e. The first-order valence-corrected chi connectivity index (χ1v) is 7.26. The SMILES string of the molecule is O=C(/C=C/CCc1ccccc1O)CCc1ccccc1. The van der Waals surface area contributed by atoms with Gasteiger partial charge in [0, 0.05) is 6.42 Å². The molecule has 108 valence electrons. The zero-order valence-corrected chi connectivity index (χ0v) is 12.0. The van der Waals surface area contributed by atoms with Crippen molar-refractivity contribution in [3.05, 3.63) is 77.9 Å². The highest BCUT2D eigenvalue weighted by atomic mass is 16.3. The van der Waals surface area contributed by atoms with Gasteiger partial charge in [-0.3, -0.25) is 4.79 Å². The van der Waals surface area contributed by atoms with E-state index < -0.39 is 0 Å². The van der Waals surface area contributed by atoms with Gasteiger partial charge in [0.25, 0.3) is 0 Å². The highest BCUT2D eigenvalue weighted by Gasteiger charge is 1.99. The van der Waals surface area contributed by atoms with E-state index in [2.05, 4.69) is 0 Å². The minimum Gasteiger partial charge on any atom is -0.508 e. The van der Waals surface area contributed by atoms with Gasteiger partial charge >= 0.3 is 0 Å². The molecule has 0 unspecified atom stereocenters. The summed E-state index contributed by atoms with van der Waals surface area (Å²) in [6, 6.07) is 17.3. The standard InChI is InChI=1S/C19H20O2/c20-18(15-14-16-8-2-1-3-9-16)12-6-4-10-17-11-5-7-13-19(17)21/h1-3,5-9,11-13,21H,4,10,14-15H2/b12-6+. The molecule has 0 aliphatic carbocycles. The normalized spacial score (nSPS) is 10.9. The van der Waals surface area contributed by atoms with Gasteiger partial charge in [-0.05, 0) is 42.5 Å². The Bertz CT molecular complexity index is 600. The largest absolute Gasteiger partial charge is 0.508 e. The third kappa shape index (κ3) is 5.27. The molecule has 0 aliphatic rings. The first kappa shape index (κ1) is 15.0. The Morgan fingerprint density at radius 1 is 0.952 bits per heavy atom. The Hall–Kier alpha value is -2.35. The molecule has 0 spiro atoms. The van der Waals surface area contributed by atoms with Gasteiger partial charge in [0.1, 0.15) is 5.75 Å². The summed E-state index contributed by atoms with van der Waals surface area (Å²) in [4.78, 5) is 11.8. The average molecular weight is 280 g/mol. The van der Waals surface area contributed by atoms with Gasteiger partial charge in [0.2, 0.25) is 0 Å². The Morgan fingerprint density at radius 3 is 2.43 bits per heavy atom. The lowest BCUT2D eigenvalue weighted by molar-refractivity contribution is -0.114. The Kier molecular flexibility index (Phi) is 5.77. The third-order valence-corrected chi connectivity index (χ3v) is 3.38. The highest BCUT2D eigenvalue weighted by molar-refractivity contribution is 5.89. The van der Waals surface area contributed by atoms with E-state index in [1.807, 2.05) is 54.6 Å². The predicted octanol–water partition coefficient (Wildman–Crippen LogP) is 4.08. The van der Waals surface area contributed by atoms with Crippen LogP contribution in [0, 0.1) is 0 Å². The van der Waals surface area contributed by atoms with Crippen molar-refractivity contribution in [2.45, 2.75) is 25.7 Å². The van der Waals surface area contributed by atoms with Crippen LogP contribution in [0.25, 0.3) is 0 Å². The molecule has 2 nitrogen and oxygen atoms in total. The zero-order valence-electron chi connectivity index (χ0n) is 12.0. The summed E-state index contributed by atoms with van der Waals surface area (Å²) in [5, 5.41) is 9.64. The lowest BCUT2D eigenvalue weighted by Crippen LogP contribution is -1.96. The monoisotopic (exact) mass is 280 g/mol. The molecular weight excluding hydrogens is 260 g/mol. The first-order chi connectivity index (χ1) is 10.3. The molecular formula is C19H20O2. The fraction of sp³-hybridized carbons (Fsp3) is 0.211. The van der Waals surface area contributed by atoms with Gasteiger partial charge in [-0.2, -0.15) is 0 Å². The molecule has 2 aromatic rings. The fourth-order valence-corrected chi connectivity index (χ4v) is 2.17. The second-order valence-corrected chi connectivity index (χ2v) is 5.02. The van der Waals surface area contributed by atoms with Crippen molar-refractivity contribution in [2.24, 2.45) is 0 Å². The molecule has 21 heavy (non-hydrogen) atoms. The summed E-state index contributed by atoms with van der Waals surface area (Å²) >= 11 is 0. The van der Waals surface area contributed by atoms with Crippen LogP contribution in [0.15, 0.2) is 66.7 Å². The number of ketones is 1. The summed E-state index contributed by atoms with van der Waals surface area (Å²) in [5.41, 5.74) is 2.10. The number of phenols is 1. The van der Waals surface area contributed by atoms with Crippen molar-refractivity contribution in [2.75, 3.05) is 0 Å². The fourth-order valence-electron chi connectivity index (χ4n) is 2.17. The van der Waals surface area contributed by atoms with E-state index in [1.54, 1.807) is 12.1 Å². The molecule has 0 bridgehead atoms. The van der Waals surface area contributed by atoms with Crippen molar-refractivity contribution < 1.29 is 9.90 Å². The second kappa shape index (κ2) is 8.05. The molecule has 0 amide bonds. The van der Waals surface area contributed by atoms with Crippen LogP contribution in [-0.4, -0.2) is 10.9 Å². The molecule has 0 saturated heterocycles. The number of aromatic hydroxyl groups is 1. The summed E-state index contributed by atoms with van der Waals surface area (Å²) in [6.07, 6.45) is 6.37. The van der Waals surface area contributed by atoms with E-state index in [1.165, 1.54) is 5.56 Å². The number of rotatable bonds is 7. The molecule has 0 fully saturated rings. The topological polar surface area (TPSA) is 37.3 Å². The number of benzene rings is 2. The lowest BCUT2D eigenvalue weighted by Gasteiger charge is -2.01. The first-order valence-electron chi connectivity index (χ1n) is 7.26. The molecule has 0 aromatic heterocycles. The van der Waals surface area contributed by atoms with Crippen molar-refractivity contribution in [1.82, 2.24) is 0 Å². The molecule has 0 radical (unpaired) electrons. The van der Waals surface area contributed by atoms with E-state index in [0.717, 1.165) is 24.8 Å². The van der Waals surface area contributed by atoms with Crippen molar-refractivity contribution >= 4 is 5.78 Å². The van der Waals surface area contributed by atoms with Gasteiger partial charge in [-0.15, -0.1) is 0 Å². The number of allylic oxidation sites excluding steroid dienone is 2. The maximum absolute atomic E-state index is 11.8. The molecule has 2 rings (SSSR count). The van der Waals surface area contributed by atoms with Crippen LogP contribution >= 0.6 is 0 Å². The number of aryl methyl sites for hydroxylation is 2. The quantitative estimate of drug-likeness (QED) is 0.776. The maximum atomic E-state index is 11.8. The summed E-state index contributed by atoms with van der Waals surface area (Å²) in [6.45, 7) is 0. The van der Waals surface area contributed by atoms with Crippen molar-refractivity contribution in [1.29, 1.82) is 0 Å². The van der Waals surface area contributed by atoms with E-state index in [-0.39, 0.29) is 5.78 Å². The molecule has 1 N–H and O–H groups in total. The van der Waals surface area contributed by atoms with Crippen LogP contribution < -0.4 is 0 Å². The summed E-state index contributed by atoms with van der Waals surface area (Å²) in [7, 11) is 0. The van der Waals surface area contributed by atoms with Gasteiger partial charge < -0.3 is 5.11 Å². The Labute approximate surface area is 125 Å². The van der Waals surface area contributed by atoms with Crippen LogP contribution in [0.4, 0.5) is 0 Å². The van der Waals surface area contributed by atoms with Crippen molar-refractivity contribution in [3.63, 3.8) is 0 Å². The lowest BCUT2D eigenvalue weighted by atomic mass is 10.1. The van der Waals surface area contributed by atoms with Gasteiger partial charge in [0.15, 0.2) is 5.78 Å². The number of phenolic OH excluding ortho intramolecular Hbond substituents is 1. The van der Waals surface area contributed by atoms with Crippen LogP contribution in [-0.2, 0) is 17.6 Å². The highest BCUT2D eigenvalue weighted by Crippen LogP contribution is 2.17. The van der Waals surface area contributed by atoms with Crippen LogP contribution in [0.3, 0.4) is 0 Å². The van der Waals surface area contributed by atoms with Gasteiger partial charge in [-0.25, -0.2) is 0 Å². The van der Waals surface area contributed by atoms with Crippen molar-refractivity contribution in [3.8, 4) is 5.75 Å². The van der Waals surface area contributed by atoms with Gasteiger partial charge in [-0.1, -0.05) is 54.6 Å². The van der Waals surface area contributed by atoms with E-state index >= 15 is 0 Å². The molecule has 0 atom stereocenters. The number of para-hydroxylation sites is 1. The number of hydrogen-bond donors (Lipinski definition) is 1. The van der Waals surface area contributed by atoms with Gasteiger partial charge in [0.05, 0.1) is 0 Å². The zero-order chi connectivity index (χ0) is 14.9. The number of hydrogen-bond acceptors (Lipinski definition) is 2. The molecule has 0 saturated carbocycles. The summed E-state index contributed by atoms with van der Waals surface area (Å²) < 4.78 is 0. The van der Waals surface area contributed by atoms with Crippen LogP contribution in [0.1, 0.15) is 24.0 Å².